The number of rotatable bonds is 25. The topological polar surface area (TPSA) is 245 Å². The average molecular weight is 1100 g/mol. The van der Waals surface area contributed by atoms with Gasteiger partial charge in [0.25, 0.3) is 15.8 Å². The molecule has 390 valence electrons. The number of nitro groups is 1. The fraction of sp³-hybridized carbons (Fsp3) is 0.280. The van der Waals surface area contributed by atoms with E-state index in [0.29, 0.717) is 33.4 Å². The minimum Gasteiger partial charge on any atom is -0.265 e. The van der Waals surface area contributed by atoms with E-state index in [-0.39, 0.29) is 36.6 Å². The van der Waals surface area contributed by atoms with E-state index in [4.69, 9.17) is 4.18 Å². The van der Waals surface area contributed by atoms with Crippen molar-refractivity contribution in [3.05, 3.63) is 189 Å². The summed E-state index contributed by atoms with van der Waals surface area (Å²) in [7, 11) is -22.5. The van der Waals surface area contributed by atoms with Gasteiger partial charge in [-0.2, -0.15) is 21.3 Å². The zero-order valence-electron chi connectivity index (χ0n) is 40.7. The largest absolute Gasteiger partial charge is 0.297 e. The van der Waals surface area contributed by atoms with Crippen molar-refractivity contribution in [3.8, 4) is 0 Å². The number of hydrogen-bond acceptors (Lipinski definition) is 13. The first-order chi connectivity index (χ1) is 34.4. The second kappa shape index (κ2) is 23.6. The predicted molar refractivity (Wildman–Crippen MR) is 276 cm³/mol. The van der Waals surface area contributed by atoms with Crippen molar-refractivity contribution >= 4 is 55.9 Å². The van der Waals surface area contributed by atoms with E-state index in [0.717, 1.165) is 12.9 Å². The van der Waals surface area contributed by atoms with Gasteiger partial charge < -0.3 is 0 Å². The molecule has 0 heterocycles. The van der Waals surface area contributed by atoms with Crippen LogP contribution in [0.5, 0.6) is 0 Å². The summed E-state index contributed by atoms with van der Waals surface area (Å²) < 4.78 is 155. The second-order valence-corrected chi connectivity index (χ2v) is 26.2. The van der Waals surface area contributed by atoms with Crippen LogP contribution in [0.4, 0.5) is 5.69 Å². The minimum atomic E-state index is -4.72. The molecular weight excluding hydrogens is 1040 g/mol. The summed E-state index contributed by atoms with van der Waals surface area (Å²) in [5.41, 5.74) is 1.86. The molecule has 6 rings (SSSR count). The van der Waals surface area contributed by atoms with Crippen molar-refractivity contribution in [3.63, 3.8) is 0 Å². The summed E-state index contributed by atoms with van der Waals surface area (Å²) in [6, 6.07) is 34.1. The van der Waals surface area contributed by atoms with Gasteiger partial charge >= 0.3 is 0 Å². The van der Waals surface area contributed by atoms with Crippen molar-refractivity contribution in [1.29, 1.82) is 0 Å². The molecule has 6 aromatic rings. The summed E-state index contributed by atoms with van der Waals surface area (Å²) >= 11 is 0. The number of nitrogens with zero attached hydrogens (tertiary/aromatic N) is 4. The van der Waals surface area contributed by atoms with Gasteiger partial charge in [-0.3, -0.25) is 14.3 Å². The third-order valence-electron chi connectivity index (χ3n) is 12.1. The van der Waals surface area contributed by atoms with Gasteiger partial charge in [-0.25, -0.2) is 38.4 Å². The Balaban J connectivity index is 1.44. The van der Waals surface area contributed by atoms with E-state index in [1.165, 1.54) is 78.9 Å². The lowest BCUT2D eigenvalue weighted by molar-refractivity contribution is -0.384. The van der Waals surface area contributed by atoms with Crippen LogP contribution < -0.4 is 4.72 Å². The summed E-state index contributed by atoms with van der Waals surface area (Å²) in [6.45, 7) is 3.73. The standard InChI is InChI=1S/C50H57N5O13S5/c1-38-16-6-11-21-46(38)69(58,59)51-30-31-52(70(60,61)47-22-12-7-17-39(47)2)32-33-53(71(62,63)48-23-13-8-18-40(48)3)34-35-54(72(64,65)49-24-14-9-19-41(49)4)45(36-43-26-28-44(29-27-43)55(56)57)37-68-73(66,67)50-25-15-10-20-42(50)5/h6-29,45,51H,30-37H2,1-5H3. The summed E-state index contributed by atoms with van der Waals surface area (Å²) in [5, 5.41) is 11.6. The number of hydrogen-bond donors (Lipinski definition) is 1. The van der Waals surface area contributed by atoms with E-state index in [2.05, 4.69) is 4.72 Å². The molecule has 1 unspecified atom stereocenters. The van der Waals surface area contributed by atoms with Crippen LogP contribution >= 0.6 is 0 Å². The minimum absolute atomic E-state index is 0.0194. The summed E-state index contributed by atoms with van der Waals surface area (Å²) in [5.74, 6) is 0. The number of nitro benzene ring substituents is 1. The van der Waals surface area contributed by atoms with Crippen LogP contribution in [-0.4, -0.2) is 112 Å². The third kappa shape index (κ3) is 13.5. The Kier molecular flexibility index (Phi) is 18.3. The molecule has 18 nitrogen and oxygen atoms in total. The highest BCUT2D eigenvalue weighted by Gasteiger charge is 2.37. The van der Waals surface area contributed by atoms with Crippen LogP contribution in [0, 0.1) is 44.7 Å². The van der Waals surface area contributed by atoms with Gasteiger partial charge in [0, 0.05) is 51.4 Å². The molecule has 0 aliphatic carbocycles. The molecular formula is C50H57N5O13S5. The van der Waals surface area contributed by atoms with E-state index in [9.17, 15) is 43.8 Å². The molecule has 0 aliphatic heterocycles. The number of sulfonamides is 4. The molecule has 0 amide bonds. The van der Waals surface area contributed by atoms with Crippen molar-refractivity contribution < 1.29 is 51.2 Å². The number of benzene rings is 6. The molecule has 0 radical (unpaired) electrons. The van der Waals surface area contributed by atoms with Crippen molar-refractivity contribution in [2.24, 2.45) is 0 Å². The predicted octanol–water partition coefficient (Wildman–Crippen LogP) is 6.50. The lowest BCUT2D eigenvalue weighted by Crippen LogP contribution is -2.50. The number of aryl methyl sites for hydroxylation is 5. The first-order valence-electron chi connectivity index (χ1n) is 22.8. The maximum absolute atomic E-state index is 15.2. The van der Waals surface area contributed by atoms with Crippen molar-refractivity contribution in [2.45, 2.75) is 71.6 Å². The van der Waals surface area contributed by atoms with E-state index in [1.807, 2.05) is 0 Å². The van der Waals surface area contributed by atoms with Crippen molar-refractivity contribution in [2.75, 3.05) is 45.9 Å². The van der Waals surface area contributed by atoms with Crippen LogP contribution in [-0.2, 0) is 60.8 Å². The highest BCUT2D eigenvalue weighted by molar-refractivity contribution is 7.90. The molecule has 0 aromatic heterocycles. The Morgan fingerprint density at radius 2 is 0.849 bits per heavy atom. The fourth-order valence-corrected chi connectivity index (χ4v) is 15.7. The van der Waals surface area contributed by atoms with Gasteiger partial charge in [-0.1, -0.05) is 103 Å². The zero-order valence-corrected chi connectivity index (χ0v) is 44.8. The summed E-state index contributed by atoms with van der Waals surface area (Å²) in [6.07, 6.45) is -0.280. The molecule has 73 heavy (non-hydrogen) atoms. The maximum atomic E-state index is 15.2. The Bertz CT molecular complexity index is 3520. The molecule has 0 saturated carbocycles. The molecule has 0 fully saturated rings. The third-order valence-corrected chi connectivity index (χ3v) is 21.4. The normalized spacial score (nSPS) is 13.2. The van der Waals surface area contributed by atoms with Crippen LogP contribution in [0.2, 0.25) is 0 Å². The lowest BCUT2D eigenvalue weighted by atomic mass is 10.1. The van der Waals surface area contributed by atoms with Gasteiger partial charge in [0.2, 0.25) is 40.1 Å². The van der Waals surface area contributed by atoms with Gasteiger partial charge in [0.15, 0.2) is 0 Å². The number of nitrogens with one attached hydrogen (secondary N) is 1. The van der Waals surface area contributed by atoms with Crippen LogP contribution in [0.3, 0.4) is 0 Å². The van der Waals surface area contributed by atoms with Crippen LogP contribution in [0.15, 0.2) is 170 Å². The fourth-order valence-electron chi connectivity index (χ4n) is 8.16. The van der Waals surface area contributed by atoms with Gasteiger partial charge in [-0.05, 0) is 105 Å². The van der Waals surface area contributed by atoms with E-state index in [1.54, 1.807) is 101 Å². The summed E-state index contributed by atoms with van der Waals surface area (Å²) in [4.78, 5) is 10.3. The molecule has 0 saturated heterocycles. The molecule has 6 aromatic carbocycles. The highest BCUT2D eigenvalue weighted by atomic mass is 32.2. The SMILES string of the molecule is Cc1ccccc1S(=O)(=O)NCCN(CCN(CCN(C(COS(=O)(=O)c1ccccc1C)Cc1ccc([N+](=O)[O-])cc1)S(=O)(=O)c1ccccc1C)S(=O)(=O)c1ccccc1C)S(=O)(=O)c1ccccc1C. The maximum Gasteiger partial charge on any atom is 0.297 e. The van der Waals surface area contributed by atoms with Gasteiger partial charge in [-0.15, -0.1) is 0 Å². The molecule has 0 spiro atoms. The Morgan fingerprint density at radius 3 is 1.27 bits per heavy atom. The molecule has 0 aliphatic rings. The smallest absolute Gasteiger partial charge is 0.265 e. The zero-order chi connectivity index (χ0) is 53.4. The van der Waals surface area contributed by atoms with E-state index < -0.39 is 107 Å². The quantitative estimate of drug-likeness (QED) is 0.0366. The molecule has 23 heteroatoms. The van der Waals surface area contributed by atoms with E-state index >= 15 is 8.42 Å². The Morgan fingerprint density at radius 1 is 0.479 bits per heavy atom. The Hall–Kier alpha value is -5.73. The van der Waals surface area contributed by atoms with Gasteiger partial charge in [0.1, 0.15) is 0 Å². The first-order valence-corrected chi connectivity index (χ1v) is 30.0. The lowest BCUT2D eigenvalue weighted by Gasteiger charge is -2.34. The van der Waals surface area contributed by atoms with Crippen molar-refractivity contribution in [1.82, 2.24) is 17.6 Å². The molecule has 0 bridgehead atoms. The monoisotopic (exact) mass is 1100 g/mol. The highest BCUT2D eigenvalue weighted by Crippen LogP contribution is 2.28. The second-order valence-electron chi connectivity index (χ2n) is 17.2. The Labute approximate surface area is 428 Å². The van der Waals surface area contributed by atoms with Crippen LogP contribution in [0.1, 0.15) is 33.4 Å². The molecule has 1 atom stereocenters. The number of non-ortho nitro benzene ring substituents is 1. The van der Waals surface area contributed by atoms with Crippen LogP contribution in [0.25, 0.3) is 0 Å². The average Bonchev–Trinajstić information content (AvgIpc) is 3.33. The molecule has 1 N–H and O–H groups in total. The first kappa shape index (κ1) is 56.6. The van der Waals surface area contributed by atoms with Gasteiger partial charge in [0.05, 0.1) is 42.0 Å².